The van der Waals surface area contributed by atoms with Crippen molar-refractivity contribution in [1.29, 1.82) is 0 Å². The van der Waals surface area contributed by atoms with Crippen LogP contribution in [0.1, 0.15) is 49.4 Å². The molecule has 1 aromatic carbocycles. The van der Waals surface area contributed by atoms with Gasteiger partial charge < -0.3 is 20.3 Å². The molecule has 7 heteroatoms. The van der Waals surface area contributed by atoms with Crippen molar-refractivity contribution in [1.82, 2.24) is 5.32 Å². The monoisotopic (exact) mass is 413 g/mol. The van der Waals surface area contributed by atoms with Crippen LogP contribution in [0.5, 0.6) is 5.75 Å². The number of methoxy groups -OCH3 is 1. The first-order valence-corrected chi connectivity index (χ1v) is 11.1. The predicted octanol–water partition coefficient (Wildman–Crippen LogP) is 4.94. The van der Waals surface area contributed by atoms with Gasteiger partial charge in [0.2, 0.25) is 5.91 Å². The Hall–Kier alpha value is -2.54. The molecule has 0 spiro atoms. The minimum absolute atomic E-state index is 0.0374. The summed E-state index contributed by atoms with van der Waals surface area (Å²) in [7, 11) is 1.59. The van der Waals surface area contributed by atoms with Gasteiger partial charge in [-0.3, -0.25) is 4.79 Å². The van der Waals surface area contributed by atoms with E-state index in [0.717, 1.165) is 19.3 Å². The van der Waals surface area contributed by atoms with E-state index in [9.17, 15) is 9.59 Å². The summed E-state index contributed by atoms with van der Waals surface area (Å²) in [5.74, 6) is 1.20. The summed E-state index contributed by atoms with van der Waals surface area (Å²) in [5, 5.41) is 8.19. The van der Waals surface area contributed by atoms with Crippen molar-refractivity contribution in [2.45, 2.75) is 44.6 Å². The second-order valence-corrected chi connectivity index (χ2v) is 8.65. The molecule has 0 radical (unpaired) electrons. The van der Waals surface area contributed by atoms with Gasteiger partial charge in [-0.2, -0.15) is 0 Å². The zero-order chi connectivity index (χ0) is 20.2. The molecule has 1 aromatic heterocycles. The van der Waals surface area contributed by atoms with Gasteiger partial charge in [0, 0.05) is 23.5 Å². The van der Waals surface area contributed by atoms with E-state index in [2.05, 4.69) is 22.1 Å². The first-order valence-electron chi connectivity index (χ1n) is 10.2. The Morgan fingerprint density at radius 3 is 2.72 bits per heavy atom. The van der Waals surface area contributed by atoms with E-state index in [1.54, 1.807) is 35.5 Å². The fourth-order valence-electron chi connectivity index (χ4n) is 4.37. The third-order valence-corrected chi connectivity index (χ3v) is 6.76. The number of urea groups is 1. The molecule has 2 heterocycles. The fraction of sp³-hybridized carbons (Fsp3) is 0.455. The molecular weight excluding hydrogens is 386 g/mol. The lowest BCUT2D eigenvalue weighted by Gasteiger charge is -2.24. The van der Waals surface area contributed by atoms with Crippen LogP contribution in [0.15, 0.2) is 35.7 Å². The van der Waals surface area contributed by atoms with E-state index in [1.807, 2.05) is 12.1 Å². The number of amides is 3. The standard InChI is InChI=1S/C22H27N3O3S/c1-28-18-11-10-16(14-17(18)25-12-4-9-20(25)26)23-22(27)24-21(15-6-2-3-7-15)19-8-5-13-29-19/h5,8,10-11,13-15,21H,2-4,6-7,9,12H2,1H3,(H2,23,24,27)/t21-/m0/s1. The molecular formula is C22H27N3O3S. The van der Waals surface area contributed by atoms with E-state index < -0.39 is 0 Å². The van der Waals surface area contributed by atoms with Crippen molar-refractivity contribution in [3.05, 3.63) is 40.6 Å². The van der Waals surface area contributed by atoms with Gasteiger partial charge >= 0.3 is 6.03 Å². The summed E-state index contributed by atoms with van der Waals surface area (Å²) >= 11 is 1.69. The van der Waals surface area contributed by atoms with E-state index in [0.29, 0.717) is 36.0 Å². The Morgan fingerprint density at radius 2 is 2.07 bits per heavy atom. The number of hydrogen-bond acceptors (Lipinski definition) is 4. The molecule has 1 aliphatic heterocycles. The smallest absolute Gasteiger partial charge is 0.319 e. The van der Waals surface area contributed by atoms with Crippen molar-refractivity contribution in [3.8, 4) is 5.75 Å². The highest BCUT2D eigenvalue weighted by molar-refractivity contribution is 7.10. The van der Waals surface area contributed by atoms with Crippen LogP contribution in [0, 0.1) is 5.92 Å². The fourth-order valence-corrected chi connectivity index (χ4v) is 5.24. The second kappa shape index (κ2) is 8.86. The van der Waals surface area contributed by atoms with Gasteiger partial charge in [-0.15, -0.1) is 11.3 Å². The van der Waals surface area contributed by atoms with E-state index >= 15 is 0 Å². The number of nitrogens with one attached hydrogen (secondary N) is 2. The third-order valence-electron chi connectivity index (χ3n) is 5.81. The Labute approximate surface area is 175 Å². The molecule has 0 bridgehead atoms. The molecule has 1 aliphatic carbocycles. The number of ether oxygens (including phenoxy) is 1. The molecule has 3 amide bonds. The lowest BCUT2D eigenvalue weighted by molar-refractivity contribution is -0.117. The van der Waals surface area contributed by atoms with Gasteiger partial charge in [0.25, 0.3) is 0 Å². The molecule has 2 aromatic rings. The maximum absolute atomic E-state index is 12.8. The van der Waals surface area contributed by atoms with Crippen molar-refractivity contribution >= 4 is 34.6 Å². The average molecular weight is 414 g/mol. The number of benzene rings is 1. The first kappa shape index (κ1) is 19.8. The normalized spacial score (nSPS) is 18.1. The maximum atomic E-state index is 12.8. The average Bonchev–Trinajstić information content (AvgIpc) is 3.48. The van der Waals surface area contributed by atoms with Crippen molar-refractivity contribution < 1.29 is 14.3 Å². The van der Waals surface area contributed by atoms with Crippen LogP contribution in [0.2, 0.25) is 0 Å². The quantitative estimate of drug-likeness (QED) is 0.705. The minimum Gasteiger partial charge on any atom is -0.495 e. The van der Waals surface area contributed by atoms with Gasteiger partial charge in [0.1, 0.15) is 5.75 Å². The SMILES string of the molecule is COc1ccc(NC(=O)N[C@H](c2cccs2)C2CCCC2)cc1N1CCCC1=O. The first-order chi connectivity index (χ1) is 14.2. The number of thiophene rings is 1. The van der Waals surface area contributed by atoms with Gasteiger partial charge in [-0.1, -0.05) is 18.9 Å². The molecule has 4 rings (SSSR count). The zero-order valence-electron chi connectivity index (χ0n) is 16.6. The summed E-state index contributed by atoms with van der Waals surface area (Å²) in [6.45, 7) is 0.674. The predicted molar refractivity (Wildman–Crippen MR) is 116 cm³/mol. The summed E-state index contributed by atoms with van der Waals surface area (Å²) < 4.78 is 5.43. The summed E-state index contributed by atoms with van der Waals surface area (Å²) in [5.41, 5.74) is 1.35. The number of hydrogen-bond donors (Lipinski definition) is 2. The Balaban J connectivity index is 1.49. The highest BCUT2D eigenvalue weighted by Gasteiger charge is 2.29. The largest absolute Gasteiger partial charge is 0.495 e. The molecule has 2 fully saturated rings. The van der Waals surface area contributed by atoms with E-state index in [-0.39, 0.29) is 18.0 Å². The number of rotatable bonds is 6. The van der Waals surface area contributed by atoms with Crippen molar-refractivity contribution in [2.24, 2.45) is 5.92 Å². The summed E-state index contributed by atoms with van der Waals surface area (Å²) in [6.07, 6.45) is 6.12. The summed E-state index contributed by atoms with van der Waals surface area (Å²) in [6, 6.07) is 9.36. The molecule has 1 atom stereocenters. The molecule has 29 heavy (non-hydrogen) atoms. The molecule has 154 valence electrons. The van der Waals surface area contributed by atoms with E-state index in [1.165, 1.54) is 17.7 Å². The molecule has 1 saturated heterocycles. The van der Waals surface area contributed by atoms with Crippen LogP contribution in [-0.2, 0) is 4.79 Å². The number of carbonyl (C=O) groups is 2. The van der Waals surface area contributed by atoms with Gasteiger partial charge in [-0.05, 0) is 54.8 Å². The third kappa shape index (κ3) is 4.40. The van der Waals surface area contributed by atoms with Crippen LogP contribution in [0.4, 0.5) is 16.2 Å². The Bertz CT molecular complexity index is 862. The van der Waals surface area contributed by atoms with Crippen LogP contribution in [-0.4, -0.2) is 25.6 Å². The molecule has 6 nitrogen and oxygen atoms in total. The van der Waals surface area contributed by atoms with E-state index in [4.69, 9.17) is 4.74 Å². The molecule has 2 N–H and O–H groups in total. The molecule has 2 aliphatic rings. The maximum Gasteiger partial charge on any atom is 0.319 e. The van der Waals surface area contributed by atoms with Crippen LogP contribution < -0.4 is 20.3 Å². The number of anilines is 2. The van der Waals surface area contributed by atoms with Crippen LogP contribution in [0.25, 0.3) is 0 Å². The highest BCUT2D eigenvalue weighted by Crippen LogP contribution is 2.38. The van der Waals surface area contributed by atoms with Crippen molar-refractivity contribution in [2.75, 3.05) is 23.9 Å². The second-order valence-electron chi connectivity index (χ2n) is 7.67. The highest BCUT2D eigenvalue weighted by atomic mass is 32.1. The van der Waals surface area contributed by atoms with Crippen LogP contribution in [0.3, 0.4) is 0 Å². The van der Waals surface area contributed by atoms with Gasteiger partial charge in [-0.25, -0.2) is 4.79 Å². The minimum atomic E-state index is -0.223. The molecule has 1 saturated carbocycles. The topological polar surface area (TPSA) is 70.7 Å². The van der Waals surface area contributed by atoms with Crippen molar-refractivity contribution in [3.63, 3.8) is 0 Å². The van der Waals surface area contributed by atoms with Gasteiger partial charge in [0.05, 0.1) is 18.8 Å². The Kier molecular flexibility index (Phi) is 6.04. The number of nitrogens with zero attached hydrogens (tertiary/aromatic N) is 1. The Morgan fingerprint density at radius 1 is 1.24 bits per heavy atom. The lowest BCUT2D eigenvalue weighted by Crippen LogP contribution is -2.35. The molecule has 0 unspecified atom stereocenters. The summed E-state index contributed by atoms with van der Waals surface area (Å²) in [4.78, 5) is 27.9. The zero-order valence-corrected chi connectivity index (χ0v) is 17.5. The van der Waals surface area contributed by atoms with Crippen LogP contribution >= 0.6 is 11.3 Å². The number of carbonyl (C=O) groups excluding carboxylic acids is 2. The lowest BCUT2D eigenvalue weighted by atomic mass is 9.97. The van der Waals surface area contributed by atoms with Gasteiger partial charge in [0.15, 0.2) is 0 Å².